The van der Waals surface area contributed by atoms with E-state index in [9.17, 15) is 9.90 Å². The van der Waals surface area contributed by atoms with Gasteiger partial charge < -0.3 is 10.4 Å². The number of aliphatic hydroxyl groups excluding tert-OH is 1. The van der Waals surface area contributed by atoms with E-state index in [4.69, 9.17) is 0 Å². The minimum Gasteiger partial charge on any atom is -0.394 e. The van der Waals surface area contributed by atoms with Crippen molar-refractivity contribution in [3.05, 3.63) is 57.8 Å². The molecule has 0 aliphatic heterocycles. The van der Waals surface area contributed by atoms with Crippen LogP contribution in [-0.4, -0.2) is 17.6 Å². The number of nitrogens with one attached hydrogen (secondary N) is 1. The molecule has 1 aromatic heterocycles. The van der Waals surface area contributed by atoms with Gasteiger partial charge in [0.15, 0.2) is 0 Å². The van der Waals surface area contributed by atoms with Gasteiger partial charge in [-0.15, -0.1) is 11.3 Å². The highest BCUT2D eigenvalue weighted by atomic mass is 32.1. The van der Waals surface area contributed by atoms with Crippen LogP contribution in [0.3, 0.4) is 0 Å². The first kappa shape index (κ1) is 13.8. The Hall–Kier alpha value is -1.65. The molecule has 0 fully saturated rings. The molecule has 1 aromatic carbocycles. The van der Waals surface area contributed by atoms with Crippen LogP contribution < -0.4 is 5.32 Å². The molecule has 1 heterocycles. The normalized spacial score (nSPS) is 12.1. The first-order valence-electron chi connectivity index (χ1n) is 6.30. The number of aliphatic hydroxyl groups is 1. The Morgan fingerprint density at radius 1 is 1.26 bits per heavy atom. The molecule has 4 heteroatoms. The predicted molar refractivity (Wildman–Crippen MR) is 77.4 cm³/mol. The van der Waals surface area contributed by atoms with Crippen LogP contribution in [0.15, 0.2) is 42.5 Å². The van der Waals surface area contributed by atoms with E-state index in [1.165, 1.54) is 16.2 Å². The zero-order chi connectivity index (χ0) is 13.7. The molecule has 2 rings (SSSR count). The van der Waals surface area contributed by atoms with E-state index in [0.29, 0.717) is 4.88 Å². The smallest absolute Gasteiger partial charge is 0.261 e. The van der Waals surface area contributed by atoms with E-state index >= 15 is 0 Å². The SMILES string of the molecule is CCc1ccc(C(=O)N[C@H](CO)c2ccccc2)s1. The molecule has 2 N–H and O–H groups in total. The average Bonchev–Trinajstić information content (AvgIpc) is 2.94. The van der Waals surface area contributed by atoms with E-state index in [2.05, 4.69) is 12.2 Å². The van der Waals surface area contributed by atoms with Crippen molar-refractivity contribution in [1.82, 2.24) is 5.32 Å². The molecule has 0 saturated carbocycles. The Morgan fingerprint density at radius 2 is 2.00 bits per heavy atom. The Kier molecular flexibility index (Phi) is 4.71. The van der Waals surface area contributed by atoms with Crippen LogP contribution >= 0.6 is 11.3 Å². The zero-order valence-corrected chi connectivity index (χ0v) is 11.6. The molecule has 0 bridgehead atoms. The lowest BCUT2D eigenvalue weighted by atomic mass is 10.1. The van der Waals surface area contributed by atoms with Crippen molar-refractivity contribution in [3.63, 3.8) is 0 Å². The summed E-state index contributed by atoms with van der Waals surface area (Å²) in [5, 5.41) is 12.3. The molecule has 0 radical (unpaired) electrons. The number of hydrogen-bond donors (Lipinski definition) is 2. The first-order chi connectivity index (χ1) is 9.24. The van der Waals surface area contributed by atoms with Crippen LogP contribution in [0.25, 0.3) is 0 Å². The van der Waals surface area contributed by atoms with Gasteiger partial charge in [-0.3, -0.25) is 4.79 Å². The second-order valence-electron chi connectivity index (χ2n) is 4.24. The fourth-order valence-corrected chi connectivity index (χ4v) is 2.69. The standard InChI is InChI=1S/C15H17NO2S/c1-2-12-8-9-14(19-12)15(18)16-13(10-17)11-6-4-3-5-7-11/h3-9,13,17H,2,10H2,1H3,(H,16,18)/t13-/m1/s1. The van der Waals surface area contributed by atoms with Crippen molar-refractivity contribution in [2.45, 2.75) is 19.4 Å². The number of benzene rings is 1. The minimum absolute atomic E-state index is 0.109. The Bertz CT molecular complexity index is 536. The predicted octanol–water partition coefficient (Wildman–Crippen LogP) is 2.77. The van der Waals surface area contributed by atoms with Gasteiger partial charge in [-0.05, 0) is 24.1 Å². The lowest BCUT2D eigenvalue weighted by Crippen LogP contribution is -2.30. The minimum atomic E-state index is -0.360. The molecular weight excluding hydrogens is 258 g/mol. The average molecular weight is 275 g/mol. The van der Waals surface area contributed by atoms with Crippen LogP contribution in [0.4, 0.5) is 0 Å². The van der Waals surface area contributed by atoms with Crippen molar-refractivity contribution < 1.29 is 9.90 Å². The molecule has 3 nitrogen and oxygen atoms in total. The van der Waals surface area contributed by atoms with Gasteiger partial charge in [0.25, 0.3) is 5.91 Å². The van der Waals surface area contributed by atoms with Gasteiger partial charge in [-0.25, -0.2) is 0 Å². The van der Waals surface area contributed by atoms with E-state index in [0.717, 1.165) is 12.0 Å². The van der Waals surface area contributed by atoms with E-state index in [1.807, 2.05) is 42.5 Å². The van der Waals surface area contributed by atoms with Gasteiger partial charge >= 0.3 is 0 Å². The van der Waals surface area contributed by atoms with Crippen molar-refractivity contribution >= 4 is 17.2 Å². The topological polar surface area (TPSA) is 49.3 Å². The fourth-order valence-electron chi connectivity index (χ4n) is 1.84. The number of rotatable bonds is 5. The highest BCUT2D eigenvalue weighted by Crippen LogP contribution is 2.18. The second-order valence-corrected chi connectivity index (χ2v) is 5.41. The Labute approximate surface area is 116 Å². The van der Waals surface area contributed by atoms with Crippen molar-refractivity contribution in [3.8, 4) is 0 Å². The molecule has 0 aliphatic carbocycles. The summed E-state index contributed by atoms with van der Waals surface area (Å²) in [6.07, 6.45) is 0.931. The maximum absolute atomic E-state index is 12.1. The molecule has 0 aliphatic rings. The Balaban J connectivity index is 2.08. The van der Waals surface area contributed by atoms with Crippen LogP contribution in [-0.2, 0) is 6.42 Å². The number of aryl methyl sites for hydroxylation is 1. The van der Waals surface area contributed by atoms with Gasteiger partial charge in [-0.1, -0.05) is 37.3 Å². The number of hydrogen-bond acceptors (Lipinski definition) is 3. The van der Waals surface area contributed by atoms with E-state index in [-0.39, 0.29) is 18.6 Å². The van der Waals surface area contributed by atoms with E-state index in [1.54, 1.807) is 0 Å². The summed E-state index contributed by atoms with van der Waals surface area (Å²) in [7, 11) is 0. The van der Waals surface area contributed by atoms with Gasteiger partial charge in [0.2, 0.25) is 0 Å². The molecular formula is C15H17NO2S. The van der Waals surface area contributed by atoms with Crippen LogP contribution in [0, 0.1) is 0 Å². The van der Waals surface area contributed by atoms with Crippen LogP contribution in [0.1, 0.15) is 33.1 Å². The highest BCUT2D eigenvalue weighted by Gasteiger charge is 2.15. The fraction of sp³-hybridized carbons (Fsp3) is 0.267. The van der Waals surface area contributed by atoms with Crippen molar-refractivity contribution in [1.29, 1.82) is 0 Å². The molecule has 19 heavy (non-hydrogen) atoms. The first-order valence-corrected chi connectivity index (χ1v) is 7.11. The maximum Gasteiger partial charge on any atom is 0.261 e. The molecule has 0 unspecified atom stereocenters. The molecule has 100 valence electrons. The molecule has 2 aromatic rings. The van der Waals surface area contributed by atoms with Crippen LogP contribution in [0.2, 0.25) is 0 Å². The highest BCUT2D eigenvalue weighted by molar-refractivity contribution is 7.14. The number of carbonyl (C=O) groups is 1. The quantitative estimate of drug-likeness (QED) is 0.881. The summed E-state index contributed by atoms with van der Waals surface area (Å²) in [4.78, 5) is 14.0. The summed E-state index contributed by atoms with van der Waals surface area (Å²) < 4.78 is 0. The molecule has 1 atom stereocenters. The summed E-state index contributed by atoms with van der Waals surface area (Å²) in [5.74, 6) is -0.132. The van der Waals surface area contributed by atoms with Gasteiger partial charge in [0.1, 0.15) is 0 Å². The lowest BCUT2D eigenvalue weighted by molar-refractivity contribution is 0.0920. The monoisotopic (exact) mass is 275 g/mol. The second kappa shape index (κ2) is 6.50. The van der Waals surface area contributed by atoms with Gasteiger partial charge in [0, 0.05) is 4.88 Å². The third-order valence-electron chi connectivity index (χ3n) is 2.92. The summed E-state index contributed by atoms with van der Waals surface area (Å²) in [6, 6.07) is 12.9. The summed E-state index contributed by atoms with van der Waals surface area (Å²) in [5.41, 5.74) is 0.908. The number of amides is 1. The van der Waals surface area contributed by atoms with Crippen molar-refractivity contribution in [2.24, 2.45) is 0 Å². The lowest BCUT2D eigenvalue weighted by Gasteiger charge is -2.16. The summed E-state index contributed by atoms with van der Waals surface area (Å²) in [6.45, 7) is 1.95. The largest absolute Gasteiger partial charge is 0.394 e. The Morgan fingerprint density at radius 3 is 2.58 bits per heavy atom. The number of carbonyl (C=O) groups excluding carboxylic acids is 1. The zero-order valence-electron chi connectivity index (χ0n) is 10.8. The third-order valence-corrected chi connectivity index (χ3v) is 4.15. The number of thiophene rings is 1. The molecule has 0 spiro atoms. The van der Waals surface area contributed by atoms with Gasteiger partial charge in [0.05, 0.1) is 17.5 Å². The van der Waals surface area contributed by atoms with Crippen molar-refractivity contribution in [2.75, 3.05) is 6.61 Å². The van der Waals surface area contributed by atoms with E-state index < -0.39 is 0 Å². The maximum atomic E-state index is 12.1. The summed E-state index contributed by atoms with van der Waals surface area (Å²) >= 11 is 1.49. The third kappa shape index (κ3) is 3.43. The molecule has 1 amide bonds. The van der Waals surface area contributed by atoms with Gasteiger partial charge in [-0.2, -0.15) is 0 Å². The van der Waals surface area contributed by atoms with Crippen LogP contribution in [0.5, 0.6) is 0 Å². The molecule has 0 saturated heterocycles.